The fraction of sp³-hybridized carbons (Fsp3) is 0. The SMILES string of the molecule is O=C(N/N=C\c1ccccc1[N+](=O)[O-])C(=O)Nc1ccc(Cl)cc1. The molecule has 0 radical (unpaired) electrons. The molecule has 0 aromatic heterocycles. The minimum Gasteiger partial charge on any atom is -0.318 e. The molecule has 2 rings (SSSR count). The van der Waals surface area contributed by atoms with Crippen LogP contribution in [0.3, 0.4) is 0 Å². The average Bonchev–Trinajstić information content (AvgIpc) is 2.57. The van der Waals surface area contributed by atoms with E-state index in [0.29, 0.717) is 10.7 Å². The molecule has 0 aliphatic heterocycles. The molecule has 2 amide bonds. The van der Waals surface area contributed by atoms with E-state index >= 15 is 0 Å². The van der Waals surface area contributed by atoms with Gasteiger partial charge in [-0.05, 0) is 30.3 Å². The number of nitrogens with one attached hydrogen (secondary N) is 2. The minimum absolute atomic E-state index is 0.166. The lowest BCUT2D eigenvalue weighted by Gasteiger charge is -2.03. The molecule has 24 heavy (non-hydrogen) atoms. The third-order valence-electron chi connectivity index (χ3n) is 2.81. The number of benzene rings is 2. The minimum atomic E-state index is -1.01. The highest BCUT2D eigenvalue weighted by molar-refractivity contribution is 6.39. The van der Waals surface area contributed by atoms with Crippen LogP contribution in [0.4, 0.5) is 11.4 Å². The number of anilines is 1. The number of carbonyl (C=O) groups is 2. The molecular weight excluding hydrogens is 336 g/mol. The van der Waals surface area contributed by atoms with Crippen molar-refractivity contribution in [2.24, 2.45) is 5.10 Å². The molecule has 8 nitrogen and oxygen atoms in total. The van der Waals surface area contributed by atoms with Gasteiger partial charge in [-0.1, -0.05) is 23.7 Å². The number of para-hydroxylation sites is 1. The topological polar surface area (TPSA) is 114 Å². The van der Waals surface area contributed by atoms with Crippen molar-refractivity contribution in [3.05, 3.63) is 69.2 Å². The lowest BCUT2D eigenvalue weighted by molar-refractivity contribution is -0.385. The van der Waals surface area contributed by atoms with E-state index in [9.17, 15) is 19.7 Å². The summed E-state index contributed by atoms with van der Waals surface area (Å²) in [5, 5.41) is 17.2. The van der Waals surface area contributed by atoms with Crippen LogP contribution in [0.2, 0.25) is 5.02 Å². The normalized spacial score (nSPS) is 10.4. The summed E-state index contributed by atoms with van der Waals surface area (Å²) < 4.78 is 0. The van der Waals surface area contributed by atoms with Gasteiger partial charge >= 0.3 is 11.8 Å². The molecule has 0 aliphatic rings. The lowest BCUT2D eigenvalue weighted by Crippen LogP contribution is -2.32. The highest BCUT2D eigenvalue weighted by Crippen LogP contribution is 2.15. The largest absolute Gasteiger partial charge is 0.329 e. The first kappa shape index (κ1) is 17.1. The lowest BCUT2D eigenvalue weighted by atomic mass is 10.2. The number of rotatable bonds is 4. The Morgan fingerprint density at radius 1 is 1.08 bits per heavy atom. The van der Waals surface area contributed by atoms with Crippen molar-refractivity contribution in [3.8, 4) is 0 Å². The Balaban J connectivity index is 1.96. The molecule has 2 aromatic rings. The average molecular weight is 347 g/mol. The van der Waals surface area contributed by atoms with Crippen molar-refractivity contribution >= 4 is 41.0 Å². The second kappa shape index (κ2) is 7.84. The van der Waals surface area contributed by atoms with Gasteiger partial charge in [0.25, 0.3) is 5.69 Å². The predicted octanol–water partition coefficient (Wildman–Crippen LogP) is 2.34. The molecule has 0 heterocycles. The zero-order chi connectivity index (χ0) is 17.5. The molecule has 0 atom stereocenters. The Labute approximate surface area is 141 Å². The van der Waals surface area contributed by atoms with E-state index < -0.39 is 16.7 Å². The van der Waals surface area contributed by atoms with Crippen molar-refractivity contribution in [1.82, 2.24) is 5.43 Å². The maximum atomic E-state index is 11.7. The molecule has 2 aromatic carbocycles. The molecule has 0 fully saturated rings. The van der Waals surface area contributed by atoms with Crippen LogP contribution >= 0.6 is 11.6 Å². The van der Waals surface area contributed by atoms with Gasteiger partial charge in [-0.25, -0.2) is 5.43 Å². The van der Waals surface area contributed by atoms with E-state index in [1.54, 1.807) is 18.2 Å². The summed E-state index contributed by atoms with van der Waals surface area (Å²) in [6.45, 7) is 0. The molecule has 0 bridgehead atoms. The van der Waals surface area contributed by atoms with E-state index in [-0.39, 0.29) is 11.3 Å². The summed E-state index contributed by atoms with van der Waals surface area (Å²) >= 11 is 5.71. The van der Waals surface area contributed by atoms with Crippen LogP contribution < -0.4 is 10.7 Å². The number of amides is 2. The quantitative estimate of drug-likeness (QED) is 0.382. The highest BCUT2D eigenvalue weighted by atomic mass is 35.5. The van der Waals surface area contributed by atoms with Crippen molar-refractivity contribution in [1.29, 1.82) is 0 Å². The Kier molecular flexibility index (Phi) is 5.58. The van der Waals surface area contributed by atoms with Gasteiger partial charge < -0.3 is 5.32 Å². The predicted molar refractivity (Wildman–Crippen MR) is 88.9 cm³/mol. The maximum Gasteiger partial charge on any atom is 0.329 e. The van der Waals surface area contributed by atoms with Gasteiger partial charge in [0.05, 0.1) is 16.7 Å². The molecule has 0 spiro atoms. The van der Waals surface area contributed by atoms with E-state index in [2.05, 4.69) is 10.4 Å². The second-order valence-corrected chi connectivity index (χ2v) is 4.91. The van der Waals surface area contributed by atoms with Gasteiger partial charge in [0, 0.05) is 16.8 Å². The van der Waals surface area contributed by atoms with Gasteiger partial charge in [0.1, 0.15) is 0 Å². The number of hydrogen-bond acceptors (Lipinski definition) is 5. The first-order chi connectivity index (χ1) is 11.5. The van der Waals surface area contributed by atoms with Crippen molar-refractivity contribution < 1.29 is 14.5 Å². The molecule has 122 valence electrons. The highest BCUT2D eigenvalue weighted by Gasteiger charge is 2.13. The number of carbonyl (C=O) groups excluding carboxylic acids is 2. The smallest absolute Gasteiger partial charge is 0.318 e. The zero-order valence-corrected chi connectivity index (χ0v) is 12.9. The van der Waals surface area contributed by atoms with E-state index in [4.69, 9.17) is 11.6 Å². The first-order valence-electron chi connectivity index (χ1n) is 6.61. The summed E-state index contributed by atoms with van der Waals surface area (Å²) in [5.74, 6) is -1.95. The molecule has 0 saturated carbocycles. The molecule has 0 saturated heterocycles. The van der Waals surface area contributed by atoms with Gasteiger partial charge in [-0.15, -0.1) is 0 Å². The molecule has 0 unspecified atom stereocenters. The second-order valence-electron chi connectivity index (χ2n) is 4.48. The first-order valence-corrected chi connectivity index (χ1v) is 6.98. The van der Waals surface area contributed by atoms with Crippen LogP contribution in [-0.2, 0) is 9.59 Å². The number of nitrogens with zero attached hydrogens (tertiary/aromatic N) is 2. The van der Waals surface area contributed by atoms with Crippen LogP contribution in [-0.4, -0.2) is 23.0 Å². The summed E-state index contributed by atoms with van der Waals surface area (Å²) in [5.41, 5.74) is 2.42. The molecule has 0 aliphatic carbocycles. The van der Waals surface area contributed by atoms with Crippen LogP contribution in [0.25, 0.3) is 0 Å². The Bertz CT molecular complexity index is 805. The number of nitro groups is 1. The van der Waals surface area contributed by atoms with E-state index in [0.717, 1.165) is 6.21 Å². The van der Waals surface area contributed by atoms with Crippen molar-refractivity contribution in [2.75, 3.05) is 5.32 Å². The Morgan fingerprint density at radius 3 is 2.42 bits per heavy atom. The van der Waals surface area contributed by atoms with Gasteiger partial charge in [-0.2, -0.15) is 5.10 Å². The standard InChI is InChI=1S/C15H11ClN4O4/c16-11-5-7-12(8-6-11)18-14(21)15(22)19-17-9-10-3-1-2-4-13(10)20(23)24/h1-9H,(H,18,21)(H,19,22)/b17-9-. The Hall–Kier alpha value is -3.26. The summed E-state index contributed by atoms with van der Waals surface area (Å²) in [4.78, 5) is 33.6. The number of halogens is 1. The van der Waals surface area contributed by atoms with Crippen molar-refractivity contribution in [3.63, 3.8) is 0 Å². The zero-order valence-electron chi connectivity index (χ0n) is 12.1. The van der Waals surface area contributed by atoms with Crippen LogP contribution in [0, 0.1) is 10.1 Å². The Morgan fingerprint density at radius 2 is 1.75 bits per heavy atom. The number of hydrazone groups is 1. The third-order valence-corrected chi connectivity index (χ3v) is 3.06. The van der Waals surface area contributed by atoms with E-state index in [1.165, 1.54) is 30.3 Å². The summed E-state index contributed by atoms with van der Waals surface area (Å²) in [7, 11) is 0. The summed E-state index contributed by atoms with van der Waals surface area (Å²) in [6, 6.07) is 12.0. The molecule has 2 N–H and O–H groups in total. The van der Waals surface area contributed by atoms with Crippen LogP contribution in [0.15, 0.2) is 53.6 Å². The van der Waals surface area contributed by atoms with E-state index in [1.807, 2.05) is 5.43 Å². The van der Waals surface area contributed by atoms with Crippen molar-refractivity contribution in [2.45, 2.75) is 0 Å². The number of nitro benzene ring substituents is 1. The van der Waals surface area contributed by atoms with Gasteiger partial charge in [-0.3, -0.25) is 19.7 Å². The van der Waals surface area contributed by atoms with Gasteiger partial charge in [0.15, 0.2) is 0 Å². The third kappa shape index (κ3) is 4.62. The molecule has 9 heteroatoms. The number of hydrogen-bond donors (Lipinski definition) is 2. The maximum absolute atomic E-state index is 11.7. The fourth-order valence-electron chi connectivity index (χ4n) is 1.70. The van der Waals surface area contributed by atoms with Crippen LogP contribution in [0.1, 0.15) is 5.56 Å². The van der Waals surface area contributed by atoms with Crippen LogP contribution in [0.5, 0.6) is 0 Å². The summed E-state index contributed by atoms with van der Waals surface area (Å²) in [6.07, 6.45) is 1.09. The van der Waals surface area contributed by atoms with Gasteiger partial charge in [0.2, 0.25) is 0 Å². The fourth-order valence-corrected chi connectivity index (χ4v) is 1.82. The monoisotopic (exact) mass is 346 g/mol. The molecular formula is C15H11ClN4O4.